The van der Waals surface area contributed by atoms with Crippen LogP contribution in [0.25, 0.3) is 11.2 Å². The molecule has 144 valence electrons. The Hall–Kier alpha value is -2.44. The number of amides is 2. The normalized spacial score (nSPS) is 18.7. The second kappa shape index (κ2) is 6.62. The van der Waals surface area contributed by atoms with Crippen LogP contribution in [-0.4, -0.2) is 50.8 Å². The predicted octanol–water partition coefficient (Wildman–Crippen LogP) is 2.60. The summed E-state index contributed by atoms with van der Waals surface area (Å²) in [6.45, 7) is 7.47. The van der Waals surface area contributed by atoms with Gasteiger partial charge in [0, 0.05) is 25.2 Å². The van der Waals surface area contributed by atoms with Gasteiger partial charge in [0.2, 0.25) is 5.91 Å². The highest BCUT2D eigenvalue weighted by atomic mass is 16.2. The van der Waals surface area contributed by atoms with E-state index in [1.165, 1.54) is 0 Å². The van der Waals surface area contributed by atoms with E-state index in [2.05, 4.69) is 20.3 Å². The van der Waals surface area contributed by atoms with Gasteiger partial charge < -0.3 is 15.2 Å². The van der Waals surface area contributed by atoms with Crippen molar-refractivity contribution in [2.45, 2.75) is 58.4 Å². The quantitative estimate of drug-likeness (QED) is 0.867. The van der Waals surface area contributed by atoms with E-state index in [1.807, 2.05) is 25.7 Å². The van der Waals surface area contributed by atoms with Crippen molar-refractivity contribution in [1.29, 1.82) is 0 Å². The smallest absolute Gasteiger partial charge is 0.255 e. The number of aromatic nitrogens is 3. The van der Waals surface area contributed by atoms with Gasteiger partial charge in [-0.25, -0.2) is 9.97 Å². The lowest BCUT2D eigenvalue weighted by Gasteiger charge is -2.33. The Morgan fingerprint density at radius 2 is 1.96 bits per heavy atom. The van der Waals surface area contributed by atoms with Gasteiger partial charge in [0.25, 0.3) is 5.91 Å². The molecule has 2 aromatic heterocycles. The maximum Gasteiger partial charge on any atom is 0.255 e. The zero-order valence-corrected chi connectivity index (χ0v) is 16.2. The molecular formula is C20H27N5O2. The summed E-state index contributed by atoms with van der Waals surface area (Å²) >= 11 is 0. The molecule has 0 spiro atoms. The van der Waals surface area contributed by atoms with E-state index >= 15 is 0 Å². The molecule has 3 heterocycles. The van der Waals surface area contributed by atoms with E-state index in [1.54, 1.807) is 12.4 Å². The third kappa shape index (κ3) is 3.55. The lowest BCUT2D eigenvalue weighted by molar-refractivity contribution is -0.134. The van der Waals surface area contributed by atoms with Crippen LogP contribution >= 0.6 is 0 Å². The fourth-order valence-corrected chi connectivity index (χ4v) is 3.63. The first-order chi connectivity index (χ1) is 12.8. The van der Waals surface area contributed by atoms with Crippen LogP contribution in [0, 0.1) is 5.41 Å². The second-order valence-corrected chi connectivity index (χ2v) is 8.77. The van der Waals surface area contributed by atoms with Crippen LogP contribution < -0.4 is 5.32 Å². The molecule has 1 saturated carbocycles. The van der Waals surface area contributed by atoms with Crippen LogP contribution in [0.5, 0.6) is 0 Å². The first-order valence-electron chi connectivity index (χ1n) is 9.78. The van der Waals surface area contributed by atoms with E-state index < -0.39 is 6.04 Å². The summed E-state index contributed by atoms with van der Waals surface area (Å²) in [5.74, 6) is 0.181. The Labute approximate surface area is 158 Å². The van der Waals surface area contributed by atoms with E-state index in [9.17, 15) is 9.59 Å². The number of hydrogen-bond acceptors (Lipinski definition) is 4. The lowest BCUT2D eigenvalue weighted by Crippen LogP contribution is -2.54. The third-order valence-electron chi connectivity index (χ3n) is 5.45. The fraction of sp³-hybridized carbons (Fsp3) is 0.600. The molecule has 0 bridgehead atoms. The van der Waals surface area contributed by atoms with Crippen molar-refractivity contribution >= 4 is 23.0 Å². The minimum absolute atomic E-state index is 0.00190. The van der Waals surface area contributed by atoms with Crippen molar-refractivity contribution in [2.24, 2.45) is 5.41 Å². The number of carbonyl (C=O) groups is 2. The van der Waals surface area contributed by atoms with E-state index in [-0.39, 0.29) is 17.2 Å². The molecule has 2 amide bonds. The molecule has 2 aliphatic rings. The first kappa shape index (κ1) is 17.9. The molecule has 2 N–H and O–H groups in total. The number of nitrogens with zero attached hydrogens (tertiary/aromatic N) is 3. The maximum absolute atomic E-state index is 13.0. The van der Waals surface area contributed by atoms with Gasteiger partial charge in [-0.2, -0.15) is 0 Å². The van der Waals surface area contributed by atoms with Crippen LogP contribution in [0.1, 0.15) is 68.4 Å². The summed E-state index contributed by atoms with van der Waals surface area (Å²) < 4.78 is 0. The van der Waals surface area contributed by atoms with Crippen LogP contribution in [0.3, 0.4) is 0 Å². The van der Waals surface area contributed by atoms with Gasteiger partial charge in [0.15, 0.2) is 5.65 Å². The Morgan fingerprint density at radius 3 is 2.59 bits per heavy atom. The van der Waals surface area contributed by atoms with Gasteiger partial charge in [0.1, 0.15) is 11.6 Å². The standard InChI is InChI=1S/C20H27N5O2/c1-20(2,3)16(19(27)25-8-4-5-9-25)24-18(26)13-10-21-17-15(13)23-14(11-22-17)12-6-7-12/h10-12,16H,4-9H2,1-3H3,(H,21,22)(H,24,26). The number of fused-ring (bicyclic) bond motifs is 1. The van der Waals surface area contributed by atoms with Gasteiger partial charge in [-0.1, -0.05) is 20.8 Å². The van der Waals surface area contributed by atoms with E-state index in [4.69, 9.17) is 0 Å². The van der Waals surface area contributed by atoms with E-state index in [0.717, 1.165) is 44.5 Å². The molecule has 1 atom stereocenters. The molecule has 1 aliphatic carbocycles. The summed E-state index contributed by atoms with van der Waals surface area (Å²) in [5.41, 5.74) is 2.19. The summed E-state index contributed by atoms with van der Waals surface area (Å²) in [6, 6.07) is -0.576. The molecule has 7 nitrogen and oxygen atoms in total. The summed E-state index contributed by atoms with van der Waals surface area (Å²) in [5, 5.41) is 2.97. The third-order valence-corrected chi connectivity index (χ3v) is 5.45. The van der Waals surface area contributed by atoms with Crippen LogP contribution in [0.4, 0.5) is 0 Å². The summed E-state index contributed by atoms with van der Waals surface area (Å²) in [6.07, 6.45) is 7.73. The van der Waals surface area contributed by atoms with Crippen molar-refractivity contribution in [1.82, 2.24) is 25.2 Å². The number of hydrogen-bond donors (Lipinski definition) is 2. The Morgan fingerprint density at radius 1 is 1.26 bits per heavy atom. The minimum Gasteiger partial charge on any atom is -0.344 e. The monoisotopic (exact) mass is 369 g/mol. The highest BCUT2D eigenvalue weighted by Gasteiger charge is 2.37. The molecule has 2 fully saturated rings. The molecule has 0 aromatic carbocycles. The minimum atomic E-state index is -0.576. The fourth-order valence-electron chi connectivity index (χ4n) is 3.63. The second-order valence-electron chi connectivity index (χ2n) is 8.77. The van der Waals surface area contributed by atoms with Crippen molar-refractivity contribution in [3.8, 4) is 0 Å². The Balaban J connectivity index is 1.60. The maximum atomic E-state index is 13.0. The number of nitrogens with one attached hydrogen (secondary N) is 2. The largest absolute Gasteiger partial charge is 0.344 e. The van der Waals surface area contributed by atoms with Crippen LogP contribution in [0.2, 0.25) is 0 Å². The Kier molecular flexibility index (Phi) is 4.40. The average molecular weight is 369 g/mol. The summed E-state index contributed by atoms with van der Waals surface area (Å²) in [4.78, 5) is 39.9. The first-order valence-corrected chi connectivity index (χ1v) is 9.78. The highest BCUT2D eigenvalue weighted by Crippen LogP contribution is 2.39. The number of carbonyl (C=O) groups excluding carboxylic acids is 2. The van der Waals surface area contributed by atoms with Crippen molar-refractivity contribution in [3.05, 3.63) is 23.7 Å². The molecule has 4 rings (SSSR count). The predicted molar refractivity (Wildman–Crippen MR) is 102 cm³/mol. The Bertz CT molecular complexity index is 872. The van der Waals surface area contributed by atoms with Crippen molar-refractivity contribution in [2.75, 3.05) is 13.1 Å². The summed E-state index contributed by atoms with van der Waals surface area (Å²) in [7, 11) is 0. The molecule has 7 heteroatoms. The molecule has 0 radical (unpaired) electrons. The van der Waals surface area contributed by atoms with E-state index in [0.29, 0.717) is 22.6 Å². The number of aromatic amines is 1. The molecule has 1 unspecified atom stereocenters. The average Bonchev–Trinajstić information content (AvgIpc) is 3.16. The molecule has 1 aliphatic heterocycles. The number of rotatable bonds is 4. The highest BCUT2D eigenvalue weighted by molar-refractivity contribution is 6.06. The number of likely N-dealkylation sites (tertiary alicyclic amines) is 1. The van der Waals surface area contributed by atoms with Gasteiger partial charge in [-0.3, -0.25) is 9.59 Å². The van der Waals surface area contributed by atoms with Crippen LogP contribution in [-0.2, 0) is 4.79 Å². The van der Waals surface area contributed by atoms with Gasteiger partial charge in [-0.15, -0.1) is 0 Å². The zero-order chi connectivity index (χ0) is 19.2. The zero-order valence-electron chi connectivity index (χ0n) is 16.2. The van der Waals surface area contributed by atoms with Crippen molar-refractivity contribution in [3.63, 3.8) is 0 Å². The van der Waals surface area contributed by atoms with Gasteiger partial charge >= 0.3 is 0 Å². The molecule has 27 heavy (non-hydrogen) atoms. The SMILES string of the molecule is CC(C)(C)C(NC(=O)c1c[nH]c2ncc(C3CC3)nc12)C(=O)N1CCCC1. The van der Waals surface area contributed by atoms with Crippen molar-refractivity contribution < 1.29 is 9.59 Å². The van der Waals surface area contributed by atoms with Gasteiger partial charge in [-0.05, 0) is 31.1 Å². The molecular weight excluding hydrogens is 342 g/mol. The topological polar surface area (TPSA) is 91.0 Å². The van der Waals surface area contributed by atoms with Crippen LogP contribution in [0.15, 0.2) is 12.4 Å². The number of H-pyrrole nitrogens is 1. The molecule has 1 saturated heterocycles. The molecule has 2 aromatic rings. The van der Waals surface area contributed by atoms with Gasteiger partial charge in [0.05, 0.1) is 17.5 Å². The lowest BCUT2D eigenvalue weighted by atomic mass is 9.85.